The molecule has 2 fully saturated rings. The van der Waals surface area contributed by atoms with Crippen LogP contribution in [0.5, 0.6) is 11.5 Å². The van der Waals surface area contributed by atoms with Gasteiger partial charge in [-0.2, -0.15) is 11.8 Å². The molecule has 2 aliphatic heterocycles. The van der Waals surface area contributed by atoms with Gasteiger partial charge in [0.25, 0.3) is 0 Å². The fourth-order valence-corrected chi connectivity index (χ4v) is 4.38. The minimum atomic E-state index is 0.335. The van der Waals surface area contributed by atoms with Crippen molar-refractivity contribution in [3.63, 3.8) is 0 Å². The van der Waals surface area contributed by atoms with E-state index >= 15 is 0 Å². The molecule has 2 heterocycles. The van der Waals surface area contributed by atoms with E-state index in [0.717, 1.165) is 49.1 Å². The van der Waals surface area contributed by atoms with Crippen LogP contribution < -0.4 is 14.8 Å². The van der Waals surface area contributed by atoms with E-state index < -0.39 is 0 Å². The maximum Gasteiger partial charge on any atom is 0.161 e. The van der Waals surface area contributed by atoms with Gasteiger partial charge in [0.05, 0.1) is 7.11 Å². The summed E-state index contributed by atoms with van der Waals surface area (Å²) in [6.07, 6.45) is 6.47. The Labute approximate surface area is 138 Å². The third-order valence-corrected chi connectivity index (χ3v) is 5.81. The Bertz CT molecular complexity index is 468. The van der Waals surface area contributed by atoms with E-state index in [1.54, 1.807) is 7.11 Å². The van der Waals surface area contributed by atoms with Gasteiger partial charge in [-0.25, -0.2) is 0 Å². The van der Waals surface area contributed by atoms with Gasteiger partial charge in [-0.15, -0.1) is 0 Å². The van der Waals surface area contributed by atoms with E-state index in [4.69, 9.17) is 9.47 Å². The molecule has 0 spiro atoms. The number of ether oxygens (including phenoxy) is 2. The molecule has 0 saturated carbocycles. The van der Waals surface area contributed by atoms with Crippen LogP contribution in [0.15, 0.2) is 18.2 Å². The number of nitrogens with one attached hydrogen (secondary N) is 1. The first kappa shape index (κ1) is 16.0. The number of rotatable bonds is 5. The van der Waals surface area contributed by atoms with Gasteiger partial charge < -0.3 is 14.8 Å². The molecule has 1 aromatic carbocycles. The minimum Gasteiger partial charge on any atom is -0.493 e. The Morgan fingerprint density at radius 2 is 2.05 bits per heavy atom. The fourth-order valence-electron chi connectivity index (χ4n) is 3.34. The van der Waals surface area contributed by atoms with Crippen LogP contribution in [0.2, 0.25) is 0 Å². The molecule has 22 heavy (non-hydrogen) atoms. The van der Waals surface area contributed by atoms with Crippen molar-refractivity contribution < 1.29 is 9.47 Å². The third-order valence-electron chi connectivity index (χ3n) is 4.62. The summed E-state index contributed by atoms with van der Waals surface area (Å²) in [6, 6.07) is 6.48. The van der Waals surface area contributed by atoms with Crippen molar-refractivity contribution in [3.05, 3.63) is 23.8 Å². The normalized spacial score (nSPS) is 23.2. The quantitative estimate of drug-likeness (QED) is 0.899. The van der Waals surface area contributed by atoms with Crippen molar-refractivity contribution in [1.29, 1.82) is 0 Å². The number of benzene rings is 1. The number of hydrogen-bond donors (Lipinski definition) is 1. The Kier molecular flexibility index (Phi) is 5.90. The summed E-state index contributed by atoms with van der Waals surface area (Å²) >= 11 is 2.00. The third kappa shape index (κ3) is 4.32. The molecule has 3 rings (SSSR count). The monoisotopic (exact) mass is 321 g/mol. The van der Waals surface area contributed by atoms with E-state index in [1.165, 1.54) is 30.6 Å². The maximum atomic E-state index is 6.25. The Hall–Kier alpha value is -0.870. The smallest absolute Gasteiger partial charge is 0.161 e. The van der Waals surface area contributed by atoms with Gasteiger partial charge in [0, 0.05) is 5.75 Å². The van der Waals surface area contributed by atoms with Gasteiger partial charge in [0.1, 0.15) is 6.10 Å². The predicted molar refractivity (Wildman–Crippen MR) is 93.3 cm³/mol. The second-order valence-electron chi connectivity index (χ2n) is 6.34. The summed E-state index contributed by atoms with van der Waals surface area (Å²) in [5, 5.41) is 3.44. The molecule has 3 nitrogen and oxygen atoms in total. The first-order valence-electron chi connectivity index (χ1n) is 8.47. The second kappa shape index (κ2) is 8.11. The maximum absolute atomic E-state index is 6.25. The van der Waals surface area contributed by atoms with Crippen LogP contribution in [0.1, 0.15) is 31.2 Å². The van der Waals surface area contributed by atoms with Gasteiger partial charge in [-0.05, 0) is 74.6 Å². The zero-order chi connectivity index (χ0) is 15.2. The van der Waals surface area contributed by atoms with Gasteiger partial charge in [-0.3, -0.25) is 0 Å². The highest BCUT2D eigenvalue weighted by Crippen LogP contribution is 2.32. The number of piperidine rings is 1. The lowest BCUT2D eigenvalue weighted by molar-refractivity contribution is 0.202. The highest BCUT2D eigenvalue weighted by Gasteiger charge is 2.19. The standard InChI is InChI=1S/C18H27NO2S/c1-20-17-5-4-15(11-14-6-8-19-9-7-14)12-18(17)21-16-3-2-10-22-13-16/h4-5,12,14,16,19H,2-3,6-11,13H2,1H3. The SMILES string of the molecule is COc1ccc(CC2CCNCC2)cc1OC1CCCSC1. The topological polar surface area (TPSA) is 30.5 Å². The van der Waals surface area contributed by atoms with Crippen molar-refractivity contribution in [2.75, 3.05) is 31.7 Å². The molecule has 0 aliphatic carbocycles. The summed E-state index contributed by atoms with van der Waals surface area (Å²) in [5.74, 6) is 4.97. The van der Waals surface area contributed by atoms with Crippen molar-refractivity contribution in [2.24, 2.45) is 5.92 Å². The van der Waals surface area contributed by atoms with Crippen molar-refractivity contribution in [2.45, 2.75) is 38.2 Å². The van der Waals surface area contributed by atoms with Gasteiger partial charge in [0.15, 0.2) is 11.5 Å². The molecular weight excluding hydrogens is 294 g/mol. The molecule has 0 radical (unpaired) electrons. The summed E-state index contributed by atoms with van der Waals surface area (Å²) in [6.45, 7) is 2.31. The second-order valence-corrected chi connectivity index (χ2v) is 7.49. The Balaban J connectivity index is 1.67. The number of thioether (sulfide) groups is 1. The van der Waals surface area contributed by atoms with Crippen LogP contribution >= 0.6 is 11.8 Å². The lowest BCUT2D eigenvalue weighted by Gasteiger charge is -2.25. The van der Waals surface area contributed by atoms with E-state index in [9.17, 15) is 0 Å². The zero-order valence-corrected chi connectivity index (χ0v) is 14.3. The van der Waals surface area contributed by atoms with Gasteiger partial charge in [-0.1, -0.05) is 6.07 Å². The Morgan fingerprint density at radius 3 is 2.77 bits per heavy atom. The van der Waals surface area contributed by atoms with Gasteiger partial charge >= 0.3 is 0 Å². The van der Waals surface area contributed by atoms with E-state index in [1.807, 2.05) is 11.8 Å². The predicted octanol–water partition coefficient (Wildman–Crippen LogP) is 3.51. The summed E-state index contributed by atoms with van der Waals surface area (Å²) < 4.78 is 11.7. The van der Waals surface area contributed by atoms with Crippen molar-refractivity contribution >= 4 is 11.8 Å². The van der Waals surface area contributed by atoms with Crippen LogP contribution in [0.3, 0.4) is 0 Å². The van der Waals surface area contributed by atoms with Crippen LogP contribution in [-0.2, 0) is 6.42 Å². The molecule has 122 valence electrons. The Morgan fingerprint density at radius 1 is 1.18 bits per heavy atom. The molecule has 1 aromatic rings. The van der Waals surface area contributed by atoms with E-state index in [-0.39, 0.29) is 0 Å². The van der Waals surface area contributed by atoms with Crippen LogP contribution in [-0.4, -0.2) is 37.8 Å². The number of hydrogen-bond acceptors (Lipinski definition) is 4. The molecule has 1 atom stereocenters. The first-order chi connectivity index (χ1) is 10.8. The average molecular weight is 321 g/mol. The molecule has 1 N–H and O–H groups in total. The van der Waals surface area contributed by atoms with Gasteiger partial charge in [0.2, 0.25) is 0 Å². The summed E-state index contributed by atoms with van der Waals surface area (Å²) in [5.41, 5.74) is 1.38. The van der Waals surface area contributed by atoms with Crippen molar-refractivity contribution in [3.8, 4) is 11.5 Å². The van der Waals surface area contributed by atoms with Crippen molar-refractivity contribution in [1.82, 2.24) is 5.32 Å². The largest absolute Gasteiger partial charge is 0.493 e. The number of methoxy groups -OCH3 is 1. The molecular formula is C18H27NO2S. The highest BCUT2D eigenvalue weighted by molar-refractivity contribution is 7.99. The fraction of sp³-hybridized carbons (Fsp3) is 0.667. The lowest BCUT2D eigenvalue weighted by atomic mass is 9.91. The van der Waals surface area contributed by atoms with E-state index in [0.29, 0.717) is 6.10 Å². The summed E-state index contributed by atoms with van der Waals surface area (Å²) in [7, 11) is 1.73. The van der Waals surface area contributed by atoms with Crippen LogP contribution in [0.4, 0.5) is 0 Å². The molecule has 4 heteroatoms. The molecule has 0 amide bonds. The molecule has 1 unspecified atom stereocenters. The van der Waals surface area contributed by atoms with Crippen LogP contribution in [0, 0.1) is 5.92 Å². The highest BCUT2D eigenvalue weighted by atomic mass is 32.2. The zero-order valence-electron chi connectivity index (χ0n) is 13.5. The van der Waals surface area contributed by atoms with E-state index in [2.05, 4.69) is 23.5 Å². The molecule has 2 saturated heterocycles. The lowest BCUT2D eigenvalue weighted by Crippen LogP contribution is -2.28. The van der Waals surface area contributed by atoms with Crippen LogP contribution in [0.25, 0.3) is 0 Å². The first-order valence-corrected chi connectivity index (χ1v) is 9.62. The summed E-state index contributed by atoms with van der Waals surface area (Å²) in [4.78, 5) is 0. The molecule has 0 bridgehead atoms. The minimum absolute atomic E-state index is 0.335. The molecule has 2 aliphatic rings. The average Bonchev–Trinajstić information content (AvgIpc) is 2.57. The molecule has 0 aromatic heterocycles.